The van der Waals surface area contributed by atoms with Gasteiger partial charge in [0, 0.05) is 0 Å². The van der Waals surface area contributed by atoms with Crippen molar-refractivity contribution < 1.29 is 32.7 Å². The van der Waals surface area contributed by atoms with E-state index in [2.05, 4.69) is 20.6 Å². The maximum atomic E-state index is 13.1. The lowest BCUT2D eigenvalue weighted by atomic mass is 10.0. The number of hydrogen-bond donors (Lipinski definition) is 2. The largest absolute Gasteiger partial charge is 0.464 e. The van der Waals surface area contributed by atoms with Crippen molar-refractivity contribution in [3.63, 3.8) is 0 Å². The standard InChI is InChI=1S/C24H36N4O7/c1-11(2)15(20-27-18(14(6)34-20)22(30)32-10)25-19(29)17-13(5)33-21(26-17)16(12(3)4)28-23(31)35-24(7,8)9/h11-12,15-16H,1-10H3,(H,25,29)(H,28,31)/t15-,16-/m0/s1. The van der Waals surface area contributed by atoms with Crippen LogP contribution in [0.1, 0.15) is 105 Å². The molecule has 0 bridgehead atoms. The summed E-state index contributed by atoms with van der Waals surface area (Å²) in [6.07, 6.45) is -0.612. The van der Waals surface area contributed by atoms with Crippen LogP contribution in [0.3, 0.4) is 0 Å². The average Bonchev–Trinajstić information content (AvgIpc) is 3.30. The minimum absolute atomic E-state index is 0.0512. The van der Waals surface area contributed by atoms with Crippen LogP contribution in [-0.4, -0.2) is 40.6 Å². The van der Waals surface area contributed by atoms with Crippen LogP contribution in [0.15, 0.2) is 8.83 Å². The number of alkyl carbamates (subject to hydrolysis) is 1. The zero-order valence-corrected chi connectivity index (χ0v) is 22.1. The molecule has 0 fully saturated rings. The highest BCUT2D eigenvalue weighted by Gasteiger charge is 2.31. The summed E-state index contributed by atoms with van der Waals surface area (Å²) in [7, 11) is 1.25. The van der Waals surface area contributed by atoms with Gasteiger partial charge in [-0.1, -0.05) is 27.7 Å². The third kappa shape index (κ3) is 7.06. The molecular weight excluding hydrogens is 456 g/mol. The molecule has 2 aromatic rings. The van der Waals surface area contributed by atoms with Gasteiger partial charge in [0.2, 0.25) is 11.8 Å². The van der Waals surface area contributed by atoms with E-state index in [0.717, 1.165) is 0 Å². The Labute approximate surface area is 205 Å². The topological polar surface area (TPSA) is 146 Å². The number of carbonyl (C=O) groups is 3. The second kappa shape index (κ2) is 10.9. The number of aromatic nitrogens is 2. The molecule has 2 aromatic heterocycles. The van der Waals surface area contributed by atoms with E-state index in [0.29, 0.717) is 5.76 Å². The average molecular weight is 493 g/mol. The summed E-state index contributed by atoms with van der Waals surface area (Å²) in [6.45, 7) is 16.0. The number of hydrogen-bond acceptors (Lipinski definition) is 9. The summed E-state index contributed by atoms with van der Waals surface area (Å²) in [5.41, 5.74) is -0.546. The van der Waals surface area contributed by atoms with Crippen LogP contribution >= 0.6 is 0 Å². The fourth-order valence-corrected chi connectivity index (χ4v) is 3.27. The van der Waals surface area contributed by atoms with E-state index in [9.17, 15) is 14.4 Å². The molecule has 0 aliphatic heterocycles. The monoisotopic (exact) mass is 492 g/mol. The van der Waals surface area contributed by atoms with Crippen LogP contribution in [0.5, 0.6) is 0 Å². The number of carbonyl (C=O) groups excluding carboxylic acids is 3. The Kier molecular flexibility index (Phi) is 8.69. The number of ether oxygens (including phenoxy) is 2. The fourth-order valence-electron chi connectivity index (χ4n) is 3.27. The van der Waals surface area contributed by atoms with E-state index in [4.69, 9.17) is 18.3 Å². The van der Waals surface area contributed by atoms with E-state index in [-0.39, 0.29) is 40.8 Å². The number of methoxy groups -OCH3 is 1. The summed E-state index contributed by atoms with van der Waals surface area (Å²) in [6, 6.07) is -1.25. The molecule has 194 valence electrons. The van der Waals surface area contributed by atoms with Gasteiger partial charge in [-0.3, -0.25) is 4.79 Å². The lowest BCUT2D eigenvalue weighted by Crippen LogP contribution is -2.37. The van der Waals surface area contributed by atoms with E-state index in [1.807, 2.05) is 27.7 Å². The van der Waals surface area contributed by atoms with Crippen LogP contribution in [0.25, 0.3) is 0 Å². The number of aryl methyl sites for hydroxylation is 2. The molecule has 0 unspecified atom stereocenters. The molecule has 2 amide bonds. The van der Waals surface area contributed by atoms with Crippen LogP contribution in [0.2, 0.25) is 0 Å². The molecule has 2 atom stereocenters. The predicted molar refractivity (Wildman–Crippen MR) is 126 cm³/mol. The lowest BCUT2D eigenvalue weighted by molar-refractivity contribution is 0.0478. The summed E-state index contributed by atoms with van der Waals surface area (Å²) in [5, 5.41) is 5.62. The van der Waals surface area contributed by atoms with Gasteiger partial charge in [0.15, 0.2) is 11.4 Å². The van der Waals surface area contributed by atoms with Crippen molar-refractivity contribution in [3.05, 3.63) is 34.7 Å². The van der Waals surface area contributed by atoms with Gasteiger partial charge in [-0.25, -0.2) is 19.6 Å². The normalized spacial score (nSPS) is 13.5. The van der Waals surface area contributed by atoms with Crippen molar-refractivity contribution in [1.82, 2.24) is 20.6 Å². The van der Waals surface area contributed by atoms with E-state index in [1.165, 1.54) is 7.11 Å². The molecule has 0 spiro atoms. The summed E-state index contributed by atoms with van der Waals surface area (Å²) in [4.78, 5) is 46.0. The summed E-state index contributed by atoms with van der Waals surface area (Å²) in [5.74, 6) is -0.394. The van der Waals surface area contributed by atoms with Gasteiger partial charge in [-0.05, 0) is 46.5 Å². The Morgan fingerprint density at radius 2 is 1.29 bits per heavy atom. The number of amides is 2. The van der Waals surface area contributed by atoms with Gasteiger partial charge in [0.25, 0.3) is 5.91 Å². The Hall–Kier alpha value is -3.37. The first-order valence-electron chi connectivity index (χ1n) is 11.5. The number of nitrogens with one attached hydrogen (secondary N) is 2. The van der Waals surface area contributed by atoms with Crippen LogP contribution < -0.4 is 10.6 Å². The number of rotatable bonds is 8. The van der Waals surface area contributed by atoms with E-state index >= 15 is 0 Å². The van der Waals surface area contributed by atoms with Crippen molar-refractivity contribution in [2.75, 3.05) is 7.11 Å². The second-order valence-electron chi connectivity index (χ2n) is 9.97. The van der Waals surface area contributed by atoms with Gasteiger partial charge < -0.3 is 28.9 Å². The quantitative estimate of drug-likeness (QED) is 0.511. The maximum absolute atomic E-state index is 13.1. The first kappa shape index (κ1) is 27.9. The SMILES string of the molecule is COC(=O)c1nc([C@@H](NC(=O)c2nc([C@@H](NC(=O)OC(C)(C)C)C(C)C)oc2C)C(C)C)oc1C. The molecular formula is C24H36N4O7. The highest BCUT2D eigenvalue weighted by atomic mass is 16.6. The van der Waals surface area contributed by atoms with Crippen molar-refractivity contribution in [2.24, 2.45) is 11.8 Å². The minimum Gasteiger partial charge on any atom is -0.464 e. The molecule has 0 aliphatic rings. The summed E-state index contributed by atoms with van der Waals surface area (Å²) >= 11 is 0. The molecule has 0 saturated carbocycles. The third-order valence-electron chi connectivity index (χ3n) is 5.04. The molecule has 2 heterocycles. The van der Waals surface area contributed by atoms with E-state index < -0.39 is 35.7 Å². The first-order valence-corrected chi connectivity index (χ1v) is 11.5. The molecule has 0 saturated heterocycles. The second-order valence-corrected chi connectivity index (χ2v) is 9.97. The number of esters is 1. The van der Waals surface area contributed by atoms with Crippen molar-refractivity contribution in [2.45, 2.75) is 80.0 Å². The zero-order valence-electron chi connectivity index (χ0n) is 22.1. The van der Waals surface area contributed by atoms with Gasteiger partial charge in [0.1, 0.15) is 29.2 Å². The lowest BCUT2D eigenvalue weighted by Gasteiger charge is -2.24. The molecule has 35 heavy (non-hydrogen) atoms. The Morgan fingerprint density at radius 3 is 1.74 bits per heavy atom. The van der Waals surface area contributed by atoms with Gasteiger partial charge in [0.05, 0.1) is 7.11 Å². The smallest absolute Gasteiger partial charge is 0.408 e. The predicted octanol–water partition coefficient (Wildman–Crippen LogP) is 4.41. The maximum Gasteiger partial charge on any atom is 0.408 e. The van der Waals surface area contributed by atoms with Crippen LogP contribution in [-0.2, 0) is 9.47 Å². The minimum atomic E-state index is -0.666. The Balaban J connectivity index is 2.28. The summed E-state index contributed by atoms with van der Waals surface area (Å²) < 4.78 is 21.5. The molecule has 11 nitrogen and oxygen atoms in total. The van der Waals surface area contributed by atoms with Crippen LogP contribution in [0.4, 0.5) is 4.79 Å². The molecule has 0 aromatic carbocycles. The van der Waals surface area contributed by atoms with Gasteiger partial charge in [-0.2, -0.15) is 0 Å². The fraction of sp³-hybridized carbons (Fsp3) is 0.625. The van der Waals surface area contributed by atoms with E-state index in [1.54, 1.807) is 34.6 Å². The molecule has 2 N–H and O–H groups in total. The third-order valence-corrected chi connectivity index (χ3v) is 5.04. The highest BCUT2D eigenvalue weighted by molar-refractivity contribution is 5.93. The Morgan fingerprint density at radius 1 is 0.829 bits per heavy atom. The van der Waals surface area contributed by atoms with Crippen LogP contribution in [0, 0.1) is 25.7 Å². The first-order chi connectivity index (χ1) is 16.1. The van der Waals surface area contributed by atoms with Gasteiger partial charge in [-0.15, -0.1) is 0 Å². The van der Waals surface area contributed by atoms with Crippen molar-refractivity contribution in [3.8, 4) is 0 Å². The zero-order chi connectivity index (χ0) is 26.7. The molecule has 0 aliphatic carbocycles. The number of oxazole rings is 2. The molecule has 2 rings (SSSR count). The molecule has 0 radical (unpaired) electrons. The molecule has 11 heteroatoms. The van der Waals surface area contributed by atoms with Crippen molar-refractivity contribution in [1.29, 1.82) is 0 Å². The highest BCUT2D eigenvalue weighted by Crippen LogP contribution is 2.27. The number of nitrogens with zero attached hydrogens (tertiary/aromatic N) is 2. The van der Waals surface area contributed by atoms with Crippen molar-refractivity contribution >= 4 is 18.0 Å². The Bertz CT molecular complexity index is 1060. The van der Waals surface area contributed by atoms with Gasteiger partial charge >= 0.3 is 12.1 Å².